The van der Waals surface area contributed by atoms with Gasteiger partial charge in [0.15, 0.2) is 5.78 Å². The maximum atomic E-state index is 12.3. The third-order valence-electron chi connectivity index (χ3n) is 3.73. The maximum Gasteiger partial charge on any atom is 0.167 e. The first-order valence-electron chi connectivity index (χ1n) is 6.62. The molecule has 2 aromatic rings. The van der Waals surface area contributed by atoms with E-state index in [2.05, 4.69) is 12.1 Å². The smallest absolute Gasteiger partial charge is 0.167 e. The molecule has 0 amide bonds. The van der Waals surface area contributed by atoms with Gasteiger partial charge in [-0.2, -0.15) is 0 Å². The molecular formula is C17H15ClO. The van der Waals surface area contributed by atoms with E-state index >= 15 is 0 Å². The third kappa shape index (κ3) is 2.57. The molecule has 0 N–H and O–H groups in total. The molecule has 0 spiro atoms. The molecule has 0 atom stereocenters. The predicted molar refractivity (Wildman–Crippen MR) is 78.0 cm³/mol. The van der Waals surface area contributed by atoms with Gasteiger partial charge >= 0.3 is 0 Å². The van der Waals surface area contributed by atoms with Crippen LogP contribution in [0.3, 0.4) is 0 Å². The van der Waals surface area contributed by atoms with Crippen LogP contribution < -0.4 is 0 Å². The summed E-state index contributed by atoms with van der Waals surface area (Å²) in [6, 6.07) is 13.6. The quantitative estimate of drug-likeness (QED) is 0.762. The lowest BCUT2D eigenvalue weighted by Gasteiger charge is -2.06. The molecule has 0 saturated heterocycles. The van der Waals surface area contributed by atoms with Crippen LogP contribution in [0.2, 0.25) is 5.02 Å². The number of carbonyl (C=O) groups excluding carboxylic acids is 1. The summed E-state index contributed by atoms with van der Waals surface area (Å²) >= 11 is 6.10. The van der Waals surface area contributed by atoms with Crippen molar-refractivity contribution >= 4 is 17.4 Å². The second kappa shape index (κ2) is 5.18. The van der Waals surface area contributed by atoms with Gasteiger partial charge in [-0.3, -0.25) is 4.79 Å². The Balaban J connectivity index is 1.83. The molecule has 0 heterocycles. The van der Waals surface area contributed by atoms with Gasteiger partial charge < -0.3 is 0 Å². The molecule has 0 aliphatic heterocycles. The zero-order valence-electron chi connectivity index (χ0n) is 10.7. The molecule has 0 bridgehead atoms. The molecule has 0 fully saturated rings. The number of Topliss-reactive ketones (excluding diaryl/α,β-unsaturated/α-hetero) is 1. The van der Waals surface area contributed by atoms with E-state index in [9.17, 15) is 4.79 Å². The van der Waals surface area contributed by atoms with Crippen LogP contribution in [0.4, 0.5) is 0 Å². The van der Waals surface area contributed by atoms with Crippen LogP contribution in [0.1, 0.15) is 33.5 Å². The minimum absolute atomic E-state index is 0.141. The van der Waals surface area contributed by atoms with Gasteiger partial charge in [0.25, 0.3) is 0 Å². The van der Waals surface area contributed by atoms with Crippen molar-refractivity contribution in [3.05, 3.63) is 69.7 Å². The van der Waals surface area contributed by atoms with Gasteiger partial charge in [0, 0.05) is 17.0 Å². The summed E-state index contributed by atoms with van der Waals surface area (Å²) in [4.78, 5) is 12.3. The maximum absolute atomic E-state index is 12.3. The second-order valence-corrected chi connectivity index (χ2v) is 5.44. The van der Waals surface area contributed by atoms with E-state index in [1.807, 2.05) is 30.3 Å². The van der Waals surface area contributed by atoms with E-state index in [0.717, 1.165) is 24.0 Å². The number of fused-ring (bicyclic) bond motifs is 1. The van der Waals surface area contributed by atoms with Crippen LogP contribution in [0.5, 0.6) is 0 Å². The summed E-state index contributed by atoms with van der Waals surface area (Å²) in [5.74, 6) is 0.141. The van der Waals surface area contributed by atoms with Crippen LogP contribution in [-0.4, -0.2) is 5.78 Å². The Morgan fingerprint density at radius 3 is 2.68 bits per heavy atom. The van der Waals surface area contributed by atoms with Crippen molar-refractivity contribution in [1.82, 2.24) is 0 Å². The number of hydrogen-bond acceptors (Lipinski definition) is 1. The molecule has 0 radical (unpaired) electrons. The molecule has 96 valence electrons. The molecule has 0 saturated carbocycles. The van der Waals surface area contributed by atoms with Gasteiger partial charge in [0.05, 0.1) is 0 Å². The van der Waals surface area contributed by atoms with Crippen molar-refractivity contribution < 1.29 is 4.79 Å². The first kappa shape index (κ1) is 12.4. The number of ketones is 1. The van der Waals surface area contributed by atoms with E-state index in [-0.39, 0.29) is 5.78 Å². The van der Waals surface area contributed by atoms with Crippen molar-refractivity contribution in [2.24, 2.45) is 0 Å². The highest BCUT2D eigenvalue weighted by Gasteiger charge is 2.14. The van der Waals surface area contributed by atoms with E-state index in [4.69, 9.17) is 11.6 Å². The standard InChI is InChI=1S/C17H15ClO/c18-16-7-2-1-4-14(16)11-17(19)15-9-8-12-5-3-6-13(12)10-15/h1-2,4,7-10H,3,5-6,11H2. The molecule has 2 heteroatoms. The van der Waals surface area contributed by atoms with Gasteiger partial charge in [-0.05, 0) is 48.1 Å². The number of aryl methyl sites for hydroxylation is 2. The average molecular weight is 271 g/mol. The molecule has 2 aromatic carbocycles. The van der Waals surface area contributed by atoms with Crippen LogP contribution in [0.15, 0.2) is 42.5 Å². The van der Waals surface area contributed by atoms with Crippen molar-refractivity contribution in [2.75, 3.05) is 0 Å². The SMILES string of the molecule is O=C(Cc1ccccc1Cl)c1ccc2c(c1)CCC2. The topological polar surface area (TPSA) is 17.1 Å². The van der Waals surface area contributed by atoms with Crippen LogP contribution in [0.25, 0.3) is 0 Å². The lowest BCUT2D eigenvalue weighted by molar-refractivity contribution is 0.0993. The normalized spacial score (nSPS) is 13.3. The Hall–Kier alpha value is -1.60. The summed E-state index contributed by atoms with van der Waals surface area (Å²) in [6.45, 7) is 0. The van der Waals surface area contributed by atoms with E-state index < -0.39 is 0 Å². The minimum Gasteiger partial charge on any atom is -0.294 e. The van der Waals surface area contributed by atoms with Crippen molar-refractivity contribution in [2.45, 2.75) is 25.7 Å². The molecule has 3 rings (SSSR count). The van der Waals surface area contributed by atoms with E-state index in [1.165, 1.54) is 17.5 Å². The summed E-state index contributed by atoms with van der Waals surface area (Å²) in [5, 5.41) is 0.664. The Bertz CT molecular complexity index is 631. The number of hydrogen-bond donors (Lipinski definition) is 0. The zero-order chi connectivity index (χ0) is 13.2. The zero-order valence-corrected chi connectivity index (χ0v) is 11.4. The molecule has 1 aliphatic carbocycles. The highest BCUT2D eigenvalue weighted by Crippen LogP contribution is 2.24. The van der Waals surface area contributed by atoms with Gasteiger partial charge in [-0.1, -0.05) is 41.9 Å². The summed E-state index contributed by atoms with van der Waals surface area (Å²) < 4.78 is 0. The summed E-state index contributed by atoms with van der Waals surface area (Å²) in [6.07, 6.45) is 3.83. The minimum atomic E-state index is 0.141. The molecular weight excluding hydrogens is 256 g/mol. The Labute approximate surface area is 118 Å². The van der Waals surface area contributed by atoms with Gasteiger partial charge in [-0.25, -0.2) is 0 Å². The Morgan fingerprint density at radius 2 is 1.84 bits per heavy atom. The first-order valence-corrected chi connectivity index (χ1v) is 7.00. The molecule has 0 aromatic heterocycles. The highest BCUT2D eigenvalue weighted by atomic mass is 35.5. The molecule has 19 heavy (non-hydrogen) atoms. The summed E-state index contributed by atoms with van der Waals surface area (Å²) in [5.41, 5.74) is 4.44. The Morgan fingerprint density at radius 1 is 1.05 bits per heavy atom. The first-order chi connectivity index (χ1) is 9.24. The van der Waals surface area contributed by atoms with E-state index in [0.29, 0.717) is 11.4 Å². The molecule has 1 aliphatic rings. The van der Waals surface area contributed by atoms with Crippen molar-refractivity contribution in [3.8, 4) is 0 Å². The molecule has 0 unspecified atom stereocenters. The van der Waals surface area contributed by atoms with E-state index in [1.54, 1.807) is 0 Å². The highest BCUT2D eigenvalue weighted by molar-refractivity contribution is 6.31. The van der Waals surface area contributed by atoms with Gasteiger partial charge in [0.2, 0.25) is 0 Å². The predicted octanol–water partition coefficient (Wildman–Crippen LogP) is 4.25. The Kier molecular flexibility index (Phi) is 3.39. The lowest BCUT2D eigenvalue weighted by atomic mass is 9.99. The summed E-state index contributed by atoms with van der Waals surface area (Å²) in [7, 11) is 0. The number of rotatable bonds is 3. The lowest BCUT2D eigenvalue weighted by Crippen LogP contribution is -2.04. The van der Waals surface area contributed by atoms with Gasteiger partial charge in [-0.15, -0.1) is 0 Å². The van der Waals surface area contributed by atoms with Crippen LogP contribution >= 0.6 is 11.6 Å². The fourth-order valence-electron chi connectivity index (χ4n) is 2.66. The second-order valence-electron chi connectivity index (χ2n) is 5.03. The van der Waals surface area contributed by atoms with Crippen molar-refractivity contribution in [3.63, 3.8) is 0 Å². The van der Waals surface area contributed by atoms with Crippen molar-refractivity contribution in [1.29, 1.82) is 0 Å². The van der Waals surface area contributed by atoms with Crippen LogP contribution in [-0.2, 0) is 19.3 Å². The fraction of sp³-hybridized carbons (Fsp3) is 0.235. The fourth-order valence-corrected chi connectivity index (χ4v) is 2.86. The number of halogens is 1. The number of carbonyl (C=O) groups is 1. The average Bonchev–Trinajstić information content (AvgIpc) is 2.88. The third-order valence-corrected chi connectivity index (χ3v) is 4.10. The van der Waals surface area contributed by atoms with Crippen LogP contribution in [0, 0.1) is 0 Å². The number of benzene rings is 2. The largest absolute Gasteiger partial charge is 0.294 e. The molecule has 1 nitrogen and oxygen atoms in total. The monoisotopic (exact) mass is 270 g/mol. The van der Waals surface area contributed by atoms with Gasteiger partial charge in [0.1, 0.15) is 0 Å².